The van der Waals surface area contributed by atoms with Gasteiger partial charge in [0.2, 0.25) is 0 Å². The highest BCUT2D eigenvalue weighted by Crippen LogP contribution is 2.25. The molecule has 1 aromatic carbocycles. The Bertz CT molecular complexity index is 631. The first kappa shape index (κ1) is 13.7. The number of hydrogen-bond acceptors (Lipinski definition) is 4. The number of carbonyl (C=O) groups is 1. The number of aromatic carboxylic acids is 1. The minimum atomic E-state index is -1.21. The van der Waals surface area contributed by atoms with E-state index in [0.29, 0.717) is 17.9 Å². The molecule has 0 atom stereocenters. The molecule has 2 rings (SSSR count). The van der Waals surface area contributed by atoms with Gasteiger partial charge in [-0.05, 0) is 12.5 Å². The van der Waals surface area contributed by atoms with E-state index in [1.807, 2.05) is 11.5 Å². The monoisotopic (exact) mass is 275 g/mol. The summed E-state index contributed by atoms with van der Waals surface area (Å²) in [6, 6.07) is 3.77. The molecular weight excluding hydrogens is 262 g/mol. The quantitative estimate of drug-likeness (QED) is 0.667. The number of non-ortho nitro benzene ring substituents is 1. The third-order valence-electron chi connectivity index (χ3n) is 2.81. The molecule has 0 fully saturated rings. The number of rotatable bonds is 5. The Morgan fingerprint density at radius 1 is 1.45 bits per heavy atom. The number of nitro groups is 1. The molecule has 0 radical (unpaired) electrons. The lowest BCUT2D eigenvalue weighted by Crippen LogP contribution is -2.02. The zero-order valence-corrected chi connectivity index (χ0v) is 10.8. The first-order valence-corrected chi connectivity index (χ1v) is 6.07. The van der Waals surface area contributed by atoms with E-state index < -0.39 is 10.9 Å². The molecule has 0 aliphatic heterocycles. The molecule has 7 nitrogen and oxygen atoms in total. The number of benzene rings is 1. The second kappa shape index (κ2) is 5.52. The van der Waals surface area contributed by atoms with Gasteiger partial charge in [-0.15, -0.1) is 0 Å². The fraction of sp³-hybridized carbons (Fsp3) is 0.231. The van der Waals surface area contributed by atoms with E-state index in [2.05, 4.69) is 4.98 Å². The maximum Gasteiger partial charge on any atom is 0.335 e. The van der Waals surface area contributed by atoms with Gasteiger partial charge in [-0.1, -0.05) is 6.92 Å². The van der Waals surface area contributed by atoms with Crippen molar-refractivity contribution in [1.29, 1.82) is 0 Å². The predicted octanol–water partition coefficient (Wildman–Crippen LogP) is 2.57. The number of aromatic nitrogens is 2. The maximum absolute atomic E-state index is 11.1. The topological polar surface area (TPSA) is 98.3 Å². The average molecular weight is 275 g/mol. The Balaban J connectivity index is 2.57. The van der Waals surface area contributed by atoms with E-state index in [1.54, 1.807) is 12.4 Å². The molecule has 7 heteroatoms. The number of imidazole rings is 1. The highest BCUT2D eigenvalue weighted by molar-refractivity contribution is 5.90. The standard InChI is InChI=1S/C13H13N3O4/c1-2-4-15-5-3-14-12(15)9-6-10(13(17)18)8-11(7-9)16(19)20/h3,5-8H,2,4H2,1H3,(H,17,18). The van der Waals surface area contributed by atoms with Crippen LogP contribution >= 0.6 is 0 Å². The van der Waals surface area contributed by atoms with Crippen molar-refractivity contribution in [3.63, 3.8) is 0 Å². The summed E-state index contributed by atoms with van der Waals surface area (Å²) in [5.74, 6) is -0.679. The fourth-order valence-corrected chi connectivity index (χ4v) is 1.96. The van der Waals surface area contributed by atoms with Crippen LogP contribution in [0.25, 0.3) is 11.4 Å². The van der Waals surface area contributed by atoms with Gasteiger partial charge in [0.15, 0.2) is 0 Å². The molecule has 0 amide bonds. The zero-order valence-electron chi connectivity index (χ0n) is 10.8. The normalized spacial score (nSPS) is 10.4. The van der Waals surface area contributed by atoms with Crippen LogP contribution in [0.15, 0.2) is 30.6 Å². The minimum Gasteiger partial charge on any atom is -0.478 e. The van der Waals surface area contributed by atoms with E-state index in [1.165, 1.54) is 12.1 Å². The summed E-state index contributed by atoms with van der Waals surface area (Å²) >= 11 is 0. The van der Waals surface area contributed by atoms with Crippen LogP contribution in [0.4, 0.5) is 5.69 Å². The van der Waals surface area contributed by atoms with E-state index in [9.17, 15) is 14.9 Å². The number of nitro benzene ring substituents is 1. The Hall–Kier alpha value is -2.70. The van der Waals surface area contributed by atoms with Crippen LogP contribution in [-0.4, -0.2) is 25.6 Å². The Kier molecular flexibility index (Phi) is 3.79. The predicted molar refractivity (Wildman–Crippen MR) is 71.6 cm³/mol. The molecule has 0 spiro atoms. The third kappa shape index (κ3) is 2.66. The van der Waals surface area contributed by atoms with Gasteiger partial charge < -0.3 is 9.67 Å². The van der Waals surface area contributed by atoms with Crippen LogP contribution in [0, 0.1) is 10.1 Å². The molecule has 0 saturated heterocycles. The van der Waals surface area contributed by atoms with Crippen molar-refractivity contribution in [3.8, 4) is 11.4 Å². The summed E-state index contributed by atoms with van der Waals surface area (Å²) in [6.07, 6.45) is 4.23. The minimum absolute atomic E-state index is 0.125. The van der Waals surface area contributed by atoms with Gasteiger partial charge in [-0.25, -0.2) is 9.78 Å². The van der Waals surface area contributed by atoms with Crippen LogP contribution in [0.3, 0.4) is 0 Å². The SMILES string of the molecule is CCCn1ccnc1-c1cc(C(=O)O)cc([N+](=O)[O-])c1. The van der Waals surface area contributed by atoms with Gasteiger partial charge in [-0.2, -0.15) is 0 Å². The first-order chi connectivity index (χ1) is 9.52. The maximum atomic E-state index is 11.1. The van der Waals surface area contributed by atoms with Crippen molar-refractivity contribution >= 4 is 11.7 Å². The zero-order chi connectivity index (χ0) is 14.7. The lowest BCUT2D eigenvalue weighted by atomic mass is 10.1. The smallest absolute Gasteiger partial charge is 0.335 e. The van der Waals surface area contributed by atoms with Gasteiger partial charge in [-0.3, -0.25) is 10.1 Å². The van der Waals surface area contributed by atoms with Crippen molar-refractivity contribution in [2.45, 2.75) is 19.9 Å². The van der Waals surface area contributed by atoms with E-state index >= 15 is 0 Å². The van der Waals surface area contributed by atoms with Crippen LogP contribution < -0.4 is 0 Å². The molecule has 0 unspecified atom stereocenters. The third-order valence-corrected chi connectivity index (χ3v) is 2.81. The van der Waals surface area contributed by atoms with E-state index in [0.717, 1.165) is 12.5 Å². The Morgan fingerprint density at radius 3 is 2.80 bits per heavy atom. The summed E-state index contributed by atoms with van der Waals surface area (Å²) < 4.78 is 1.84. The molecule has 104 valence electrons. The molecule has 0 saturated carbocycles. The Morgan fingerprint density at radius 2 is 2.20 bits per heavy atom. The summed E-state index contributed by atoms with van der Waals surface area (Å²) in [4.78, 5) is 25.5. The number of carboxylic acids is 1. The fourth-order valence-electron chi connectivity index (χ4n) is 1.96. The number of nitrogens with zero attached hydrogens (tertiary/aromatic N) is 3. The second-order valence-corrected chi connectivity index (χ2v) is 4.28. The molecular formula is C13H13N3O4. The van der Waals surface area contributed by atoms with E-state index in [4.69, 9.17) is 5.11 Å². The number of aryl methyl sites for hydroxylation is 1. The summed E-state index contributed by atoms with van der Waals surface area (Å²) in [6.45, 7) is 2.71. The van der Waals surface area contributed by atoms with Crippen molar-refractivity contribution in [3.05, 3.63) is 46.3 Å². The summed E-state index contributed by atoms with van der Waals surface area (Å²) in [5.41, 5.74) is 0.0428. The molecule has 0 aliphatic rings. The lowest BCUT2D eigenvalue weighted by molar-refractivity contribution is -0.384. The van der Waals surface area contributed by atoms with Crippen molar-refractivity contribution in [2.75, 3.05) is 0 Å². The van der Waals surface area contributed by atoms with Crippen LogP contribution in [0.1, 0.15) is 23.7 Å². The van der Waals surface area contributed by atoms with Gasteiger partial charge in [0.05, 0.1) is 10.5 Å². The average Bonchev–Trinajstić information content (AvgIpc) is 2.86. The van der Waals surface area contributed by atoms with Gasteiger partial charge in [0.25, 0.3) is 5.69 Å². The molecule has 0 bridgehead atoms. The first-order valence-electron chi connectivity index (χ1n) is 6.07. The Labute approximate surface area is 114 Å². The molecule has 2 aromatic rings. The summed E-state index contributed by atoms with van der Waals surface area (Å²) in [5, 5.41) is 19.9. The highest BCUT2D eigenvalue weighted by Gasteiger charge is 2.16. The highest BCUT2D eigenvalue weighted by atomic mass is 16.6. The van der Waals surface area contributed by atoms with Crippen LogP contribution in [0.5, 0.6) is 0 Å². The molecule has 0 aliphatic carbocycles. The van der Waals surface area contributed by atoms with Gasteiger partial charge in [0, 0.05) is 36.6 Å². The molecule has 1 N–H and O–H groups in total. The lowest BCUT2D eigenvalue weighted by Gasteiger charge is -2.07. The molecule has 20 heavy (non-hydrogen) atoms. The number of carboxylic acid groups (broad SMARTS) is 1. The van der Waals surface area contributed by atoms with Crippen molar-refractivity contribution in [1.82, 2.24) is 9.55 Å². The van der Waals surface area contributed by atoms with Gasteiger partial charge >= 0.3 is 5.97 Å². The van der Waals surface area contributed by atoms with Crippen molar-refractivity contribution in [2.24, 2.45) is 0 Å². The number of hydrogen-bond donors (Lipinski definition) is 1. The molecule has 1 heterocycles. The van der Waals surface area contributed by atoms with E-state index in [-0.39, 0.29) is 11.3 Å². The molecule has 1 aromatic heterocycles. The second-order valence-electron chi connectivity index (χ2n) is 4.28. The van der Waals surface area contributed by atoms with Crippen LogP contribution in [-0.2, 0) is 6.54 Å². The van der Waals surface area contributed by atoms with Crippen LogP contribution in [0.2, 0.25) is 0 Å². The summed E-state index contributed by atoms with van der Waals surface area (Å²) in [7, 11) is 0. The van der Waals surface area contributed by atoms with Crippen molar-refractivity contribution < 1.29 is 14.8 Å². The van der Waals surface area contributed by atoms with Gasteiger partial charge in [0.1, 0.15) is 5.82 Å². The largest absolute Gasteiger partial charge is 0.478 e.